The van der Waals surface area contributed by atoms with Gasteiger partial charge in [-0.3, -0.25) is 0 Å². The summed E-state index contributed by atoms with van der Waals surface area (Å²) in [6.45, 7) is 4.27. The molecular weight excluding hydrogens is 236 g/mol. The summed E-state index contributed by atoms with van der Waals surface area (Å²) in [6.07, 6.45) is 3.75. The second-order valence-corrected chi connectivity index (χ2v) is 5.40. The van der Waals surface area contributed by atoms with Gasteiger partial charge in [-0.05, 0) is 25.5 Å². The summed E-state index contributed by atoms with van der Waals surface area (Å²) < 4.78 is 0.724. The molecule has 0 aliphatic rings. The van der Waals surface area contributed by atoms with Crippen LogP contribution in [0, 0.1) is 11.6 Å². The Morgan fingerprint density at radius 2 is 2.25 bits per heavy atom. The van der Waals surface area contributed by atoms with Crippen LogP contribution in [0.4, 0.5) is 0 Å². The van der Waals surface area contributed by atoms with Crippen LogP contribution in [-0.2, 0) is 6.42 Å². The highest BCUT2D eigenvalue weighted by molar-refractivity contribution is 7.71. The number of hydrogen-bond donors (Lipinski definition) is 1. The lowest BCUT2D eigenvalue weighted by Gasteiger charge is -2.06. The summed E-state index contributed by atoms with van der Waals surface area (Å²) in [5, 5.41) is 0. The van der Waals surface area contributed by atoms with Crippen LogP contribution in [0.25, 0.3) is 10.6 Å². The third kappa shape index (κ3) is 2.23. The van der Waals surface area contributed by atoms with E-state index in [1.54, 1.807) is 17.7 Å². The number of hydrogen-bond acceptors (Lipinski definition) is 3. The molecule has 1 N–H and O–H groups in total. The molecule has 4 heteroatoms. The number of thiophene rings is 1. The summed E-state index contributed by atoms with van der Waals surface area (Å²) in [5.41, 5.74) is 2.31. The lowest BCUT2D eigenvalue weighted by Crippen LogP contribution is -1.95. The molecule has 0 aliphatic carbocycles. The number of rotatable bonds is 3. The van der Waals surface area contributed by atoms with E-state index in [-0.39, 0.29) is 0 Å². The Bertz CT molecular complexity index is 540. The highest BCUT2D eigenvalue weighted by atomic mass is 32.1. The average molecular weight is 250 g/mol. The van der Waals surface area contributed by atoms with Crippen LogP contribution in [0.5, 0.6) is 0 Å². The Morgan fingerprint density at radius 3 is 2.88 bits per heavy atom. The molecule has 0 saturated carbocycles. The maximum absolute atomic E-state index is 5.29. The lowest BCUT2D eigenvalue weighted by molar-refractivity contribution is 0.899. The molecule has 0 aliphatic heterocycles. The van der Waals surface area contributed by atoms with Crippen molar-refractivity contribution in [3.8, 4) is 10.6 Å². The molecule has 0 spiro atoms. The van der Waals surface area contributed by atoms with Gasteiger partial charge in [0.1, 0.15) is 4.64 Å². The van der Waals surface area contributed by atoms with E-state index in [2.05, 4.69) is 35.9 Å². The zero-order valence-corrected chi connectivity index (χ0v) is 11.0. The SMILES string of the molecule is CCCc1c(-c2ccc(C)s2)[nH]cnc1=S. The van der Waals surface area contributed by atoms with Crippen LogP contribution in [-0.4, -0.2) is 9.97 Å². The molecule has 84 valence electrons. The van der Waals surface area contributed by atoms with Gasteiger partial charge < -0.3 is 4.98 Å². The maximum Gasteiger partial charge on any atom is 0.133 e. The van der Waals surface area contributed by atoms with Crippen molar-refractivity contribution < 1.29 is 0 Å². The highest BCUT2D eigenvalue weighted by Crippen LogP contribution is 2.29. The average Bonchev–Trinajstić information content (AvgIpc) is 2.68. The summed E-state index contributed by atoms with van der Waals surface area (Å²) >= 11 is 7.07. The number of aryl methyl sites for hydroxylation is 1. The lowest BCUT2D eigenvalue weighted by atomic mass is 10.1. The molecule has 0 atom stereocenters. The third-order valence-corrected chi connectivity index (χ3v) is 3.81. The Hall–Kier alpha value is -1.00. The van der Waals surface area contributed by atoms with E-state index >= 15 is 0 Å². The first-order valence-electron chi connectivity index (χ1n) is 5.35. The van der Waals surface area contributed by atoms with E-state index in [1.165, 1.54) is 15.3 Å². The van der Waals surface area contributed by atoms with Crippen molar-refractivity contribution in [2.24, 2.45) is 0 Å². The minimum atomic E-state index is 0.724. The van der Waals surface area contributed by atoms with Crippen molar-refractivity contribution in [1.29, 1.82) is 0 Å². The van der Waals surface area contributed by atoms with Crippen LogP contribution in [0.2, 0.25) is 0 Å². The molecule has 0 radical (unpaired) electrons. The number of nitrogens with one attached hydrogen (secondary N) is 1. The van der Waals surface area contributed by atoms with E-state index in [4.69, 9.17) is 12.2 Å². The largest absolute Gasteiger partial charge is 0.345 e. The van der Waals surface area contributed by atoms with Crippen LogP contribution >= 0.6 is 23.6 Å². The van der Waals surface area contributed by atoms with Crippen molar-refractivity contribution >= 4 is 23.6 Å². The molecule has 2 heterocycles. The van der Waals surface area contributed by atoms with Crippen molar-refractivity contribution in [1.82, 2.24) is 9.97 Å². The van der Waals surface area contributed by atoms with E-state index < -0.39 is 0 Å². The van der Waals surface area contributed by atoms with Gasteiger partial charge in [0.05, 0.1) is 16.9 Å². The van der Waals surface area contributed by atoms with E-state index in [1.807, 2.05) is 0 Å². The fourth-order valence-electron chi connectivity index (χ4n) is 1.70. The quantitative estimate of drug-likeness (QED) is 0.830. The zero-order valence-electron chi connectivity index (χ0n) is 9.41. The Labute approximate surface area is 104 Å². The van der Waals surface area contributed by atoms with Crippen molar-refractivity contribution in [2.45, 2.75) is 26.7 Å². The molecule has 0 saturated heterocycles. The zero-order chi connectivity index (χ0) is 11.5. The first-order chi connectivity index (χ1) is 7.72. The fraction of sp³-hybridized carbons (Fsp3) is 0.333. The molecule has 0 unspecified atom stereocenters. The van der Waals surface area contributed by atoms with Gasteiger partial charge in [-0.1, -0.05) is 25.6 Å². The van der Waals surface area contributed by atoms with Gasteiger partial charge in [0.15, 0.2) is 0 Å². The number of aromatic amines is 1. The van der Waals surface area contributed by atoms with Crippen LogP contribution in [0.1, 0.15) is 23.8 Å². The third-order valence-electron chi connectivity index (χ3n) is 2.44. The molecular formula is C12H14N2S2. The summed E-state index contributed by atoms with van der Waals surface area (Å²) in [5.74, 6) is 0. The van der Waals surface area contributed by atoms with Crippen LogP contribution in [0.15, 0.2) is 18.5 Å². The molecule has 0 amide bonds. The molecule has 2 aromatic rings. The fourth-order valence-corrected chi connectivity index (χ4v) is 2.86. The monoisotopic (exact) mass is 250 g/mol. The molecule has 2 nitrogen and oxygen atoms in total. The van der Waals surface area contributed by atoms with Gasteiger partial charge >= 0.3 is 0 Å². The van der Waals surface area contributed by atoms with E-state index in [0.29, 0.717) is 0 Å². The van der Waals surface area contributed by atoms with Crippen LogP contribution < -0.4 is 0 Å². The second-order valence-electron chi connectivity index (χ2n) is 3.72. The molecule has 16 heavy (non-hydrogen) atoms. The molecule has 0 bridgehead atoms. The van der Waals surface area contributed by atoms with E-state index in [9.17, 15) is 0 Å². The normalized spacial score (nSPS) is 10.6. The van der Waals surface area contributed by atoms with Crippen molar-refractivity contribution in [3.05, 3.63) is 33.5 Å². The smallest absolute Gasteiger partial charge is 0.133 e. The topological polar surface area (TPSA) is 28.7 Å². The minimum Gasteiger partial charge on any atom is -0.345 e. The van der Waals surface area contributed by atoms with Gasteiger partial charge in [0, 0.05) is 10.4 Å². The number of nitrogens with zero attached hydrogens (tertiary/aromatic N) is 1. The highest BCUT2D eigenvalue weighted by Gasteiger charge is 2.08. The van der Waals surface area contributed by atoms with Gasteiger partial charge in [-0.25, -0.2) is 4.98 Å². The summed E-state index contributed by atoms with van der Waals surface area (Å²) in [4.78, 5) is 9.94. The maximum atomic E-state index is 5.29. The van der Waals surface area contributed by atoms with Gasteiger partial charge in [0.25, 0.3) is 0 Å². The Morgan fingerprint density at radius 1 is 1.44 bits per heavy atom. The molecule has 2 aromatic heterocycles. The van der Waals surface area contributed by atoms with Crippen molar-refractivity contribution in [2.75, 3.05) is 0 Å². The second kappa shape index (κ2) is 4.89. The van der Waals surface area contributed by atoms with Crippen molar-refractivity contribution in [3.63, 3.8) is 0 Å². The van der Waals surface area contributed by atoms with Gasteiger partial charge in [-0.2, -0.15) is 0 Å². The number of H-pyrrole nitrogens is 1. The molecule has 0 fully saturated rings. The number of aromatic nitrogens is 2. The molecule has 0 aromatic carbocycles. The summed E-state index contributed by atoms with van der Waals surface area (Å²) in [7, 11) is 0. The van der Waals surface area contributed by atoms with E-state index in [0.717, 1.165) is 23.2 Å². The van der Waals surface area contributed by atoms with Gasteiger partial charge in [0.2, 0.25) is 0 Å². The first kappa shape index (κ1) is 11.5. The standard InChI is InChI=1S/C12H14N2S2/c1-3-4-9-11(13-7-14-12(9)15)10-6-5-8(2)16-10/h5-7H,3-4H2,1-2H3,(H,13,14,15). The Kier molecular flexibility index (Phi) is 3.51. The predicted molar refractivity (Wildman–Crippen MR) is 71.5 cm³/mol. The summed E-state index contributed by atoms with van der Waals surface area (Å²) in [6, 6.07) is 4.27. The minimum absolute atomic E-state index is 0.724. The Balaban J connectivity index is 2.55. The van der Waals surface area contributed by atoms with Gasteiger partial charge in [-0.15, -0.1) is 11.3 Å². The predicted octanol–water partition coefficient (Wildman–Crippen LogP) is 4.13. The molecule has 2 rings (SSSR count). The van der Waals surface area contributed by atoms with Crippen LogP contribution in [0.3, 0.4) is 0 Å². The first-order valence-corrected chi connectivity index (χ1v) is 6.58.